The van der Waals surface area contributed by atoms with Crippen molar-refractivity contribution in [2.24, 2.45) is 0 Å². The molecule has 10 heteroatoms. The van der Waals surface area contributed by atoms with Gasteiger partial charge in [0.05, 0.1) is 27.7 Å². The third kappa shape index (κ3) is 26.5. The summed E-state index contributed by atoms with van der Waals surface area (Å²) in [5, 5.41) is 0. The molecule has 0 aliphatic rings. The van der Waals surface area contributed by atoms with Crippen LogP contribution in [-0.2, 0) is 32.7 Å². The Labute approximate surface area is 242 Å². The molecule has 2 atom stereocenters. The number of hydrogen-bond donors (Lipinski definition) is 1. The van der Waals surface area contributed by atoms with Gasteiger partial charge in [0.1, 0.15) is 19.8 Å². The number of phosphoric ester groups is 1. The Morgan fingerprint density at radius 2 is 1.43 bits per heavy atom. The Balaban J connectivity index is 4.29. The van der Waals surface area contributed by atoms with Crippen LogP contribution in [-0.4, -0.2) is 74.9 Å². The number of unbranched alkanes of at least 4 members (excludes halogenated alkanes) is 5. The van der Waals surface area contributed by atoms with E-state index in [-0.39, 0.29) is 26.1 Å². The fourth-order valence-corrected chi connectivity index (χ4v) is 4.10. The second-order valence-electron chi connectivity index (χ2n) is 10.8. The van der Waals surface area contributed by atoms with Crippen LogP contribution < -0.4 is 0 Å². The summed E-state index contributed by atoms with van der Waals surface area (Å²) in [5.74, 6) is -0.888. The van der Waals surface area contributed by atoms with E-state index in [2.05, 4.69) is 43.4 Å². The average Bonchev–Trinajstić information content (AvgIpc) is 2.87. The van der Waals surface area contributed by atoms with Crippen molar-refractivity contribution in [2.45, 2.75) is 97.0 Å². The Kier molecular flexibility index (Phi) is 22.8. The standard InChI is InChI=1S/C30H54NO8P/c1-6-8-9-10-11-12-13-14-15-16-17-18-19-20-21-23-30(33)39-28(26-36-29(32)22-7-2)27-38-40(34,35)37-25-24-31(3,4)5/h8-9,11-12,14-15,28H,6-7,10,13,16-27H2,1-5H3/p+1/b9-8-,12-11-,15-14-. The number of quaternary nitrogens is 1. The normalized spacial score (nSPS) is 14.7. The molecule has 0 saturated carbocycles. The Hall–Kier alpha value is -1.77. The minimum atomic E-state index is -4.34. The molecule has 0 heterocycles. The first-order chi connectivity index (χ1) is 19.0. The van der Waals surface area contributed by atoms with Crippen molar-refractivity contribution in [2.75, 3.05) is 47.5 Å². The molecule has 0 aliphatic heterocycles. The van der Waals surface area contributed by atoms with Gasteiger partial charge in [-0.15, -0.1) is 0 Å². The maximum absolute atomic E-state index is 12.4. The molecule has 0 fully saturated rings. The molecule has 9 nitrogen and oxygen atoms in total. The van der Waals surface area contributed by atoms with Gasteiger partial charge in [-0.2, -0.15) is 0 Å². The lowest BCUT2D eigenvalue weighted by Gasteiger charge is -2.24. The summed E-state index contributed by atoms with van der Waals surface area (Å²) < 4.78 is 33.3. The van der Waals surface area contributed by atoms with Crippen LogP contribution in [0.2, 0.25) is 0 Å². The zero-order valence-electron chi connectivity index (χ0n) is 25.6. The number of phosphoric acid groups is 1. The number of esters is 2. The van der Waals surface area contributed by atoms with Crippen molar-refractivity contribution >= 4 is 19.8 Å². The Morgan fingerprint density at radius 3 is 2.08 bits per heavy atom. The number of carbonyl (C=O) groups is 2. The monoisotopic (exact) mass is 588 g/mol. The van der Waals surface area contributed by atoms with Crippen molar-refractivity contribution in [1.82, 2.24) is 0 Å². The van der Waals surface area contributed by atoms with E-state index in [1.807, 2.05) is 28.1 Å². The summed E-state index contributed by atoms with van der Waals surface area (Å²) in [6.45, 7) is 3.85. The van der Waals surface area contributed by atoms with Gasteiger partial charge in [0.2, 0.25) is 0 Å². The predicted octanol–water partition coefficient (Wildman–Crippen LogP) is 6.67. The lowest BCUT2D eigenvalue weighted by Crippen LogP contribution is -2.37. The van der Waals surface area contributed by atoms with Crippen LogP contribution in [0.1, 0.15) is 90.9 Å². The molecule has 0 aromatic heterocycles. The summed E-state index contributed by atoms with van der Waals surface area (Å²) >= 11 is 0. The zero-order valence-corrected chi connectivity index (χ0v) is 26.4. The third-order valence-electron chi connectivity index (χ3n) is 5.65. The minimum absolute atomic E-state index is 0.0258. The summed E-state index contributed by atoms with van der Waals surface area (Å²) in [6, 6.07) is 0. The molecular weight excluding hydrogens is 533 g/mol. The first kappa shape index (κ1) is 38.2. The third-order valence-corrected chi connectivity index (χ3v) is 6.64. The Bertz CT molecular complexity index is 804. The van der Waals surface area contributed by atoms with E-state index < -0.39 is 32.5 Å². The van der Waals surface area contributed by atoms with E-state index in [4.69, 9.17) is 18.5 Å². The summed E-state index contributed by atoms with van der Waals surface area (Å²) in [4.78, 5) is 34.1. The molecule has 0 rings (SSSR count). The molecular formula is C30H55NO8P+. The molecule has 0 radical (unpaired) electrons. The van der Waals surface area contributed by atoms with Gasteiger partial charge >= 0.3 is 19.8 Å². The second kappa shape index (κ2) is 23.9. The van der Waals surface area contributed by atoms with Gasteiger partial charge in [-0.3, -0.25) is 18.6 Å². The molecule has 0 saturated heterocycles. The van der Waals surface area contributed by atoms with Crippen molar-refractivity contribution in [1.29, 1.82) is 0 Å². The van der Waals surface area contributed by atoms with Crippen molar-refractivity contribution in [3.05, 3.63) is 36.5 Å². The van der Waals surface area contributed by atoms with Crippen LogP contribution in [0.25, 0.3) is 0 Å². The van der Waals surface area contributed by atoms with Crippen molar-refractivity contribution in [3.63, 3.8) is 0 Å². The van der Waals surface area contributed by atoms with Gasteiger partial charge in [0, 0.05) is 12.8 Å². The summed E-state index contributed by atoms with van der Waals surface area (Å²) in [7, 11) is 1.45. The molecule has 1 N–H and O–H groups in total. The fourth-order valence-electron chi connectivity index (χ4n) is 3.36. The highest BCUT2D eigenvalue weighted by Crippen LogP contribution is 2.43. The molecule has 0 bridgehead atoms. The lowest BCUT2D eigenvalue weighted by molar-refractivity contribution is -0.870. The zero-order chi connectivity index (χ0) is 30.1. The Morgan fingerprint density at radius 1 is 0.800 bits per heavy atom. The molecule has 0 aliphatic carbocycles. The van der Waals surface area contributed by atoms with Gasteiger partial charge in [0.25, 0.3) is 0 Å². The molecule has 232 valence electrons. The first-order valence-corrected chi connectivity index (χ1v) is 16.2. The highest BCUT2D eigenvalue weighted by atomic mass is 31.2. The molecule has 40 heavy (non-hydrogen) atoms. The van der Waals surface area contributed by atoms with Gasteiger partial charge in [-0.05, 0) is 44.9 Å². The van der Waals surface area contributed by atoms with E-state index in [1.54, 1.807) is 0 Å². The van der Waals surface area contributed by atoms with Gasteiger partial charge in [-0.25, -0.2) is 4.57 Å². The van der Waals surface area contributed by atoms with Gasteiger partial charge in [0.15, 0.2) is 6.10 Å². The largest absolute Gasteiger partial charge is 0.472 e. The number of likely N-dealkylation sites (N-methyl/N-ethyl adjacent to an activating group) is 1. The number of carbonyl (C=O) groups excluding carboxylic acids is 2. The lowest BCUT2D eigenvalue weighted by atomic mass is 10.1. The number of rotatable bonds is 25. The number of hydrogen-bond acceptors (Lipinski definition) is 7. The topological polar surface area (TPSA) is 108 Å². The number of nitrogens with zero attached hydrogens (tertiary/aromatic N) is 1. The highest BCUT2D eigenvalue weighted by molar-refractivity contribution is 7.47. The maximum Gasteiger partial charge on any atom is 0.472 e. The van der Waals surface area contributed by atoms with E-state index in [1.165, 1.54) is 0 Å². The van der Waals surface area contributed by atoms with Gasteiger partial charge in [-0.1, -0.05) is 69.6 Å². The molecule has 0 aromatic rings. The number of ether oxygens (including phenoxy) is 2. The highest BCUT2D eigenvalue weighted by Gasteiger charge is 2.26. The van der Waals surface area contributed by atoms with Crippen LogP contribution in [0.15, 0.2) is 36.5 Å². The molecule has 0 spiro atoms. The summed E-state index contributed by atoms with van der Waals surface area (Å²) in [5.41, 5.74) is 0. The quantitative estimate of drug-likeness (QED) is 0.0414. The van der Waals surface area contributed by atoms with Gasteiger partial charge < -0.3 is 18.9 Å². The van der Waals surface area contributed by atoms with Crippen LogP contribution in [0, 0.1) is 0 Å². The average molecular weight is 589 g/mol. The fraction of sp³-hybridized carbons (Fsp3) is 0.733. The maximum atomic E-state index is 12.4. The first-order valence-electron chi connectivity index (χ1n) is 14.7. The molecule has 0 amide bonds. The molecule has 0 aromatic carbocycles. The van der Waals surface area contributed by atoms with Crippen LogP contribution >= 0.6 is 7.82 Å². The number of allylic oxidation sites excluding steroid dienone is 6. The SMILES string of the molecule is CC/C=C\C/C=C\C/C=C\CCCCCCCC(=O)OC(COC(=O)CCC)COP(=O)(O)OCC[N+](C)(C)C. The van der Waals surface area contributed by atoms with E-state index in [0.29, 0.717) is 23.9 Å². The minimum Gasteiger partial charge on any atom is -0.462 e. The van der Waals surface area contributed by atoms with Crippen molar-refractivity contribution < 1.29 is 42.1 Å². The predicted molar refractivity (Wildman–Crippen MR) is 160 cm³/mol. The second-order valence-corrected chi connectivity index (χ2v) is 12.2. The smallest absolute Gasteiger partial charge is 0.462 e. The molecule has 2 unspecified atom stereocenters. The van der Waals surface area contributed by atoms with Crippen molar-refractivity contribution in [3.8, 4) is 0 Å². The summed E-state index contributed by atoms with van der Waals surface area (Å²) in [6.07, 6.45) is 22.1. The van der Waals surface area contributed by atoms with Crippen LogP contribution in [0.5, 0.6) is 0 Å². The van der Waals surface area contributed by atoms with E-state index >= 15 is 0 Å². The van der Waals surface area contributed by atoms with E-state index in [0.717, 1.165) is 51.4 Å². The van der Waals surface area contributed by atoms with Crippen LogP contribution in [0.3, 0.4) is 0 Å². The van der Waals surface area contributed by atoms with E-state index in [9.17, 15) is 19.0 Å². The van der Waals surface area contributed by atoms with Crippen LogP contribution in [0.4, 0.5) is 0 Å².